The van der Waals surface area contributed by atoms with Gasteiger partial charge in [0.25, 0.3) is 0 Å². The number of allylic oxidation sites excluding steroid dienone is 4. The van der Waals surface area contributed by atoms with Gasteiger partial charge in [-0.2, -0.15) is 0 Å². The highest BCUT2D eigenvalue weighted by molar-refractivity contribution is 6.01. The monoisotopic (exact) mass is 430 g/mol. The summed E-state index contributed by atoms with van der Waals surface area (Å²) in [4.78, 5) is 37.7. The smallest absolute Gasteiger partial charge is 0.351 e. The number of hydrogen-bond acceptors (Lipinski definition) is 6. The normalized spacial score (nSPS) is 43.4. The van der Waals surface area contributed by atoms with Crippen molar-refractivity contribution in [2.75, 3.05) is 13.7 Å². The Bertz CT molecular complexity index is 858. The third-order valence-electron chi connectivity index (χ3n) is 9.18. The number of fused-ring (bicyclic) bond motifs is 5. The molecule has 3 saturated carbocycles. The van der Waals surface area contributed by atoms with Crippen LogP contribution < -0.4 is 0 Å². The highest BCUT2D eigenvalue weighted by Crippen LogP contribution is 2.69. The number of rotatable bonds is 4. The Hall–Kier alpha value is -1.95. The van der Waals surface area contributed by atoms with Gasteiger partial charge in [-0.25, -0.2) is 4.79 Å². The topological polar surface area (TPSA) is 89.9 Å². The van der Waals surface area contributed by atoms with E-state index in [0.29, 0.717) is 11.8 Å². The summed E-state index contributed by atoms with van der Waals surface area (Å²) in [6, 6.07) is 0. The van der Waals surface area contributed by atoms with Crippen molar-refractivity contribution in [3.05, 3.63) is 23.8 Å². The largest absolute Gasteiger partial charge is 0.466 e. The van der Waals surface area contributed by atoms with Gasteiger partial charge in [0.15, 0.2) is 5.78 Å². The van der Waals surface area contributed by atoms with E-state index in [1.165, 1.54) is 12.7 Å². The number of ketones is 1. The van der Waals surface area contributed by atoms with E-state index in [9.17, 15) is 19.5 Å². The molecule has 0 amide bonds. The number of carbonyl (C=O) groups is 3. The molecule has 6 nitrogen and oxygen atoms in total. The summed E-state index contributed by atoms with van der Waals surface area (Å²) in [6.07, 6.45) is 9.76. The molecule has 170 valence electrons. The van der Waals surface area contributed by atoms with E-state index in [-0.39, 0.29) is 36.1 Å². The quantitative estimate of drug-likeness (QED) is 0.688. The van der Waals surface area contributed by atoms with Crippen LogP contribution in [0, 0.1) is 34.5 Å². The molecule has 4 aliphatic carbocycles. The Labute approximate surface area is 184 Å². The number of esters is 2. The third-order valence-corrected chi connectivity index (χ3v) is 9.18. The fourth-order valence-electron chi connectivity index (χ4n) is 7.69. The van der Waals surface area contributed by atoms with E-state index in [0.717, 1.165) is 32.1 Å². The van der Waals surface area contributed by atoms with Crippen LogP contribution in [0.4, 0.5) is 0 Å². The Morgan fingerprint density at radius 2 is 1.97 bits per heavy atom. The summed E-state index contributed by atoms with van der Waals surface area (Å²) in [6.45, 7) is 6.01. The summed E-state index contributed by atoms with van der Waals surface area (Å²) >= 11 is 0. The van der Waals surface area contributed by atoms with Crippen molar-refractivity contribution in [2.45, 2.75) is 64.9 Å². The molecule has 0 heterocycles. The summed E-state index contributed by atoms with van der Waals surface area (Å²) in [5.41, 5.74) is -0.772. The second-order valence-corrected chi connectivity index (χ2v) is 10.4. The van der Waals surface area contributed by atoms with Crippen molar-refractivity contribution >= 4 is 17.7 Å². The first-order valence-corrected chi connectivity index (χ1v) is 11.5. The van der Waals surface area contributed by atoms with Crippen LogP contribution in [0.2, 0.25) is 0 Å². The lowest BCUT2D eigenvalue weighted by Crippen LogP contribution is -2.61. The average molecular weight is 431 g/mol. The number of aliphatic hydroxyl groups is 1. The summed E-state index contributed by atoms with van der Waals surface area (Å²) in [5, 5.41) is 9.21. The van der Waals surface area contributed by atoms with Gasteiger partial charge in [-0.3, -0.25) is 9.59 Å². The molecule has 4 rings (SSSR count). The van der Waals surface area contributed by atoms with E-state index in [1.54, 1.807) is 6.08 Å². The van der Waals surface area contributed by atoms with Gasteiger partial charge < -0.3 is 14.6 Å². The van der Waals surface area contributed by atoms with Crippen LogP contribution in [0.15, 0.2) is 23.8 Å². The molecule has 1 N–H and O–H groups in total. The fourth-order valence-corrected chi connectivity index (χ4v) is 7.69. The molecule has 31 heavy (non-hydrogen) atoms. The zero-order chi connectivity index (χ0) is 22.6. The molecule has 0 aliphatic heterocycles. The van der Waals surface area contributed by atoms with Crippen LogP contribution >= 0.6 is 0 Å². The molecule has 3 fully saturated rings. The van der Waals surface area contributed by atoms with Crippen molar-refractivity contribution < 1.29 is 29.0 Å². The maximum absolute atomic E-state index is 13.2. The minimum Gasteiger partial charge on any atom is -0.466 e. The standard InChI is InChI=1S/C25H34O6/c1-15-13-20-18-6-5-16-14-17(27)7-10-23(16,2)19(18)8-11-24(20,3)25(15,22(29)30-4)31-21(28)9-12-26/h7,10,14-15,18-20,26H,5-6,8-9,11-13H2,1-4H3/t15-,18-,19+,20+,23+,24+,25+/m1/s1. The Balaban J connectivity index is 1.73. The summed E-state index contributed by atoms with van der Waals surface area (Å²) < 4.78 is 11.2. The Kier molecular flexibility index (Phi) is 5.44. The van der Waals surface area contributed by atoms with Crippen LogP contribution in [0.3, 0.4) is 0 Å². The lowest BCUT2D eigenvalue weighted by molar-refractivity contribution is -0.209. The van der Waals surface area contributed by atoms with Gasteiger partial charge in [0.05, 0.1) is 20.1 Å². The first-order chi connectivity index (χ1) is 14.6. The van der Waals surface area contributed by atoms with E-state index >= 15 is 0 Å². The summed E-state index contributed by atoms with van der Waals surface area (Å²) in [7, 11) is 1.35. The van der Waals surface area contributed by atoms with Crippen LogP contribution in [-0.2, 0) is 23.9 Å². The average Bonchev–Trinajstić information content (AvgIpc) is 2.96. The number of hydrogen-bond donors (Lipinski definition) is 1. The molecule has 0 saturated heterocycles. The molecule has 0 unspecified atom stereocenters. The maximum atomic E-state index is 13.2. The van der Waals surface area contributed by atoms with Crippen LogP contribution in [0.25, 0.3) is 0 Å². The first kappa shape index (κ1) is 22.3. The minimum atomic E-state index is -1.33. The Morgan fingerprint density at radius 3 is 2.65 bits per heavy atom. The molecular formula is C25H34O6. The number of methoxy groups -OCH3 is 1. The van der Waals surface area contributed by atoms with Crippen LogP contribution in [-0.4, -0.2) is 42.1 Å². The number of ether oxygens (including phenoxy) is 2. The van der Waals surface area contributed by atoms with Gasteiger partial charge in [-0.15, -0.1) is 0 Å². The molecule has 0 spiro atoms. The number of aliphatic hydroxyl groups excluding tert-OH is 1. The molecule has 0 radical (unpaired) electrons. The van der Waals surface area contributed by atoms with Gasteiger partial charge in [0, 0.05) is 16.7 Å². The van der Waals surface area contributed by atoms with Gasteiger partial charge in [-0.05, 0) is 62.0 Å². The van der Waals surface area contributed by atoms with Gasteiger partial charge in [-0.1, -0.05) is 32.4 Å². The van der Waals surface area contributed by atoms with Gasteiger partial charge in [0.1, 0.15) is 0 Å². The van der Waals surface area contributed by atoms with Crippen molar-refractivity contribution in [3.8, 4) is 0 Å². The van der Waals surface area contributed by atoms with Crippen molar-refractivity contribution in [1.82, 2.24) is 0 Å². The zero-order valence-electron chi connectivity index (χ0n) is 19.0. The zero-order valence-corrected chi connectivity index (χ0v) is 19.0. The van der Waals surface area contributed by atoms with Gasteiger partial charge >= 0.3 is 11.9 Å². The van der Waals surface area contributed by atoms with E-state index < -0.39 is 23.0 Å². The molecule has 7 atom stereocenters. The molecular weight excluding hydrogens is 396 g/mol. The van der Waals surface area contributed by atoms with E-state index in [4.69, 9.17) is 9.47 Å². The lowest BCUT2D eigenvalue weighted by atomic mass is 9.47. The molecule has 0 aromatic rings. The van der Waals surface area contributed by atoms with E-state index in [2.05, 4.69) is 19.9 Å². The molecule has 0 aromatic heterocycles. The third kappa shape index (κ3) is 2.97. The predicted molar refractivity (Wildman–Crippen MR) is 114 cm³/mol. The highest BCUT2D eigenvalue weighted by atomic mass is 16.6. The van der Waals surface area contributed by atoms with Gasteiger partial charge in [0.2, 0.25) is 5.60 Å². The SMILES string of the molecule is COC(=O)[C@@]1(OC(=O)CCO)[C@H](C)C[C@H]2[C@@H]3CCC4=CC(=O)C=C[C@]4(C)[C@H]3CC[C@@]21C. The molecule has 6 heteroatoms. The fraction of sp³-hybridized carbons (Fsp3) is 0.720. The predicted octanol–water partition coefficient (Wildman–Crippen LogP) is 3.38. The molecule has 0 bridgehead atoms. The summed E-state index contributed by atoms with van der Waals surface area (Å²) in [5.74, 6) is -0.162. The van der Waals surface area contributed by atoms with Crippen molar-refractivity contribution in [3.63, 3.8) is 0 Å². The van der Waals surface area contributed by atoms with Crippen molar-refractivity contribution in [1.29, 1.82) is 0 Å². The minimum absolute atomic E-state index is 0.0709. The maximum Gasteiger partial charge on any atom is 0.351 e. The molecule has 0 aromatic carbocycles. The van der Waals surface area contributed by atoms with Crippen LogP contribution in [0.5, 0.6) is 0 Å². The van der Waals surface area contributed by atoms with Crippen molar-refractivity contribution in [2.24, 2.45) is 34.5 Å². The highest BCUT2D eigenvalue weighted by Gasteiger charge is 2.72. The first-order valence-electron chi connectivity index (χ1n) is 11.5. The number of carbonyl (C=O) groups excluding carboxylic acids is 3. The molecule has 4 aliphatic rings. The second-order valence-electron chi connectivity index (χ2n) is 10.4. The Morgan fingerprint density at radius 1 is 1.23 bits per heavy atom. The lowest BCUT2D eigenvalue weighted by Gasteiger charge is -2.58. The second kappa shape index (κ2) is 7.58. The van der Waals surface area contributed by atoms with Crippen LogP contribution in [0.1, 0.15) is 59.3 Å². The van der Waals surface area contributed by atoms with E-state index in [1.807, 2.05) is 13.0 Å².